The number of carboxylic acids is 1. The summed E-state index contributed by atoms with van der Waals surface area (Å²) in [6, 6.07) is -0.659. The minimum atomic E-state index is -0.908. The fourth-order valence-corrected chi connectivity index (χ4v) is 2.01. The van der Waals surface area contributed by atoms with Crippen LogP contribution in [-0.2, 0) is 9.53 Å². The van der Waals surface area contributed by atoms with E-state index in [1.165, 1.54) is 0 Å². The Hall–Kier alpha value is -1.30. The zero-order valence-electron chi connectivity index (χ0n) is 11.0. The Bertz CT molecular complexity index is 297. The fourth-order valence-electron chi connectivity index (χ4n) is 2.01. The predicted octanol–water partition coefficient (Wildman–Crippen LogP) is 1.11. The first-order valence-electron chi connectivity index (χ1n) is 6.32. The Morgan fingerprint density at radius 3 is 2.50 bits per heavy atom. The molecule has 0 spiro atoms. The number of carboxylic acid groups (broad SMARTS) is 1. The van der Waals surface area contributed by atoms with Crippen LogP contribution in [0.15, 0.2) is 0 Å². The van der Waals surface area contributed by atoms with Crippen molar-refractivity contribution < 1.29 is 19.4 Å². The molecule has 0 aromatic carbocycles. The summed E-state index contributed by atoms with van der Waals surface area (Å²) in [4.78, 5) is 22.2. The van der Waals surface area contributed by atoms with Gasteiger partial charge in [0, 0.05) is 19.7 Å². The third-order valence-corrected chi connectivity index (χ3v) is 3.52. The van der Waals surface area contributed by atoms with Crippen LogP contribution in [0.25, 0.3) is 0 Å². The zero-order chi connectivity index (χ0) is 13.6. The molecule has 1 unspecified atom stereocenters. The molecule has 6 heteroatoms. The van der Waals surface area contributed by atoms with Crippen LogP contribution in [-0.4, -0.2) is 42.4 Å². The maximum atomic E-state index is 11.6. The van der Waals surface area contributed by atoms with Gasteiger partial charge in [-0.15, -0.1) is 0 Å². The number of rotatable bonds is 7. The van der Waals surface area contributed by atoms with E-state index >= 15 is 0 Å². The highest BCUT2D eigenvalue weighted by Crippen LogP contribution is 2.34. The summed E-state index contributed by atoms with van der Waals surface area (Å²) in [6.45, 7) is 2.31. The average molecular weight is 258 g/mol. The molecule has 0 aliphatic heterocycles. The highest BCUT2D eigenvalue weighted by molar-refractivity contribution is 5.75. The molecule has 18 heavy (non-hydrogen) atoms. The third-order valence-electron chi connectivity index (χ3n) is 3.52. The van der Waals surface area contributed by atoms with E-state index in [1.54, 1.807) is 7.11 Å². The Kier molecular flexibility index (Phi) is 5.40. The van der Waals surface area contributed by atoms with E-state index in [4.69, 9.17) is 9.84 Å². The second kappa shape index (κ2) is 6.58. The lowest BCUT2D eigenvalue weighted by molar-refractivity contribution is -0.137. The summed E-state index contributed by atoms with van der Waals surface area (Å²) >= 11 is 0. The van der Waals surface area contributed by atoms with Gasteiger partial charge in [0.25, 0.3) is 0 Å². The highest BCUT2D eigenvalue weighted by atomic mass is 16.5. The number of urea groups is 1. The molecule has 0 saturated heterocycles. The molecule has 0 bridgehead atoms. The average Bonchev–Trinajstić information content (AvgIpc) is 2.26. The first-order valence-corrected chi connectivity index (χ1v) is 6.32. The first-order chi connectivity index (χ1) is 8.51. The summed E-state index contributed by atoms with van der Waals surface area (Å²) in [6.07, 6.45) is 3.56. The van der Waals surface area contributed by atoms with E-state index in [2.05, 4.69) is 10.6 Å². The smallest absolute Gasteiger partial charge is 0.315 e. The van der Waals surface area contributed by atoms with Gasteiger partial charge in [0.15, 0.2) is 0 Å². The molecule has 3 N–H and O–H groups in total. The van der Waals surface area contributed by atoms with Crippen LogP contribution in [0, 0.1) is 0 Å². The number of methoxy groups -OCH3 is 1. The van der Waals surface area contributed by atoms with Gasteiger partial charge in [0.1, 0.15) is 0 Å². The quantitative estimate of drug-likeness (QED) is 0.638. The largest absolute Gasteiger partial charge is 0.481 e. The summed E-state index contributed by atoms with van der Waals surface area (Å²) in [7, 11) is 1.65. The molecule has 1 rings (SSSR count). The number of carbonyl (C=O) groups excluding carboxylic acids is 1. The number of amides is 2. The number of hydrogen-bond acceptors (Lipinski definition) is 3. The molecule has 2 amide bonds. The topological polar surface area (TPSA) is 87.7 Å². The van der Waals surface area contributed by atoms with Gasteiger partial charge in [0.05, 0.1) is 12.0 Å². The van der Waals surface area contributed by atoms with Crippen LogP contribution in [0.2, 0.25) is 0 Å². The Morgan fingerprint density at radius 1 is 1.44 bits per heavy atom. The number of carbonyl (C=O) groups is 2. The molecule has 1 saturated carbocycles. The molecule has 1 atom stereocenters. The second-order valence-corrected chi connectivity index (χ2v) is 4.77. The summed E-state index contributed by atoms with van der Waals surface area (Å²) in [5, 5.41) is 14.1. The van der Waals surface area contributed by atoms with Crippen molar-refractivity contribution in [3.05, 3.63) is 0 Å². The lowest BCUT2D eigenvalue weighted by atomic mass is 9.80. The summed E-state index contributed by atoms with van der Waals surface area (Å²) < 4.78 is 5.38. The van der Waals surface area contributed by atoms with Crippen LogP contribution >= 0.6 is 0 Å². The van der Waals surface area contributed by atoms with Gasteiger partial charge in [-0.3, -0.25) is 4.79 Å². The van der Waals surface area contributed by atoms with Crippen LogP contribution in [0.1, 0.15) is 39.0 Å². The van der Waals surface area contributed by atoms with Crippen LogP contribution in [0.5, 0.6) is 0 Å². The molecule has 0 aromatic heterocycles. The first kappa shape index (κ1) is 14.8. The molecular formula is C12H22N2O4. The van der Waals surface area contributed by atoms with Gasteiger partial charge < -0.3 is 20.5 Å². The molecule has 1 fully saturated rings. The zero-order valence-corrected chi connectivity index (χ0v) is 11.0. The van der Waals surface area contributed by atoms with E-state index < -0.39 is 5.97 Å². The van der Waals surface area contributed by atoms with Crippen molar-refractivity contribution in [1.29, 1.82) is 0 Å². The van der Waals surface area contributed by atoms with Gasteiger partial charge in [-0.05, 0) is 25.7 Å². The van der Waals surface area contributed by atoms with Crippen LogP contribution in [0.3, 0.4) is 0 Å². The van der Waals surface area contributed by atoms with Crippen molar-refractivity contribution >= 4 is 12.0 Å². The van der Waals surface area contributed by atoms with Crippen LogP contribution in [0.4, 0.5) is 4.79 Å². The predicted molar refractivity (Wildman–Crippen MR) is 66.5 cm³/mol. The highest BCUT2D eigenvalue weighted by Gasteiger charge is 2.37. The molecular weight excluding hydrogens is 236 g/mol. The van der Waals surface area contributed by atoms with Crippen molar-refractivity contribution in [2.45, 2.75) is 50.7 Å². The number of nitrogens with one attached hydrogen (secondary N) is 2. The van der Waals surface area contributed by atoms with Crippen molar-refractivity contribution in [3.63, 3.8) is 0 Å². The van der Waals surface area contributed by atoms with E-state index in [-0.39, 0.29) is 24.1 Å². The monoisotopic (exact) mass is 258 g/mol. The Morgan fingerprint density at radius 2 is 2.11 bits per heavy atom. The number of aliphatic carboxylic acids is 1. The SMILES string of the molecule is CCC(CC(=O)O)NC(=O)NCC1(OC)CCC1. The number of ether oxygens (including phenoxy) is 1. The van der Waals surface area contributed by atoms with E-state index in [1.807, 2.05) is 6.92 Å². The number of hydrogen-bond donors (Lipinski definition) is 3. The van der Waals surface area contributed by atoms with Gasteiger partial charge in [-0.1, -0.05) is 6.92 Å². The lowest BCUT2D eigenvalue weighted by Gasteiger charge is -2.40. The minimum Gasteiger partial charge on any atom is -0.481 e. The molecule has 0 aromatic rings. The Labute approximate surface area is 107 Å². The molecule has 1 aliphatic rings. The van der Waals surface area contributed by atoms with Crippen molar-refractivity contribution in [2.75, 3.05) is 13.7 Å². The third kappa shape index (κ3) is 4.18. The van der Waals surface area contributed by atoms with Gasteiger partial charge in [0.2, 0.25) is 0 Å². The summed E-state index contributed by atoms with van der Waals surface area (Å²) in [5.74, 6) is -0.908. The van der Waals surface area contributed by atoms with Gasteiger partial charge in [-0.25, -0.2) is 4.79 Å². The van der Waals surface area contributed by atoms with Crippen molar-refractivity contribution in [1.82, 2.24) is 10.6 Å². The van der Waals surface area contributed by atoms with Crippen LogP contribution < -0.4 is 10.6 Å². The maximum absolute atomic E-state index is 11.6. The fraction of sp³-hybridized carbons (Fsp3) is 0.833. The second-order valence-electron chi connectivity index (χ2n) is 4.77. The van der Waals surface area contributed by atoms with Gasteiger partial charge >= 0.3 is 12.0 Å². The summed E-state index contributed by atoms with van der Waals surface area (Å²) in [5.41, 5.74) is -0.216. The Balaban J connectivity index is 2.29. The molecule has 1 aliphatic carbocycles. The van der Waals surface area contributed by atoms with E-state index in [0.29, 0.717) is 13.0 Å². The van der Waals surface area contributed by atoms with E-state index in [9.17, 15) is 9.59 Å². The molecule has 104 valence electrons. The molecule has 0 radical (unpaired) electrons. The normalized spacial score (nSPS) is 18.6. The minimum absolute atomic E-state index is 0.0562. The van der Waals surface area contributed by atoms with Gasteiger partial charge in [-0.2, -0.15) is 0 Å². The molecule has 6 nitrogen and oxygen atoms in total. The standard InChI is InChI=1S/C12H22N2O4/c1-3-9(7-10(15)16)14-11(17)13-8-12(18-2)5-4-6-12/h9H,3-8H2,1-2H3,(H,15,16)(H2,13,14,17). The van der Waals surface area contributed by atoms with Crippen molar-refractivity contribution in [2.24, 2.45) is 0 Å². The molecule has 0 heterocycles. The lowest BCUT2D eigenvalue weighted by Crippen LogP contribution is -2.52. The maximum Gasteiger partial charge on any atom is 0.315 e. The van der Waals surface area contributed by atoms with Crippen molar-refractivity contribution in [3.8, 4) is 0 Å². The van der Waals surface area contributed by atoms with E-state index in [0.717, 1.165) is 19.3 Å².